The third kappa shape index (κ3) is 4.01. The Morgan fingerprint density at radius 2 is 1.67 bits per heavy atom. The number of nitrogens with zero attached hydrogens (tertiary/aromatic N) is 1. The number of ether oxygens (including phenoxy) is 1. The highest BCUT2D eigenvalue weighted by atomic mass is 32.2. The van der Waals surface area contributed by atoms with Crippen LogP contribution >= 0.6 is 0 Å². The van der Waals surface area contributed by atoms with Crippen LogP contribution in [0.15, 0.2) is 29.2 Å². The first-order valence-electron chi connectivity index (χ1n) is 10.4. The molecule has 1 N–H and O–H groups in total. The lowest BCUT2D eigenvalue weighted by molar-refractivity contribution is -0.164. The van der Waals surface area contributed by atoms with Gasteiger partial charge in [0.15, 0.2) is 11.9 Å². The predicted molar refractivity (Wildman–Crippen MR) is 108 cm³/mol. The summed E-state index contributed by atoms with van der Waals surface area (Å²) in [4.78, 5) is 25.3. The van der Waals surface area contributed by atoms with Gasteiger partial charge in [0.2, 0.25) is 10.0 Å². The summed E-state index contributed by atoms with van der Waals surface area (Å²) in [7, 11) is -3.92. The number of nitrogens with one attached hydrogen (secondary N) is 1. The molecule has 4 bridgehead atoms. The lowest BCUT2D eigenvalue weighted by Crippen LogP contribution is -2.53. The van der Waals surface area contributed by atoms with E-state index >= 15 is 0 Å². The summed E-state index contributed by atoms with van der Waals surface area (Å²) < 4.78 is 32.1. The number of hydrogen-bond donors (Lipinski definition) is 1. The number of sulfonamides is 1. The van der Waals surface area contributed by atoms with Crippen molar-refractivity contribution < 1.29 is 22.7 Å². The van der Waals surface area contributed by atoms with Crippen LogP contribution in [0.3, 0.4) is 0 Å². The van der Waals surface area contributed by atoms with Gasteiger partial charge < -0.3 is 4.74 Å². The SMILES string of the molecule is C[C@@H](OC(=O)CNS(=O)(=O)c1ccc(C#N)cc1)C(=O)C12CC3CC(CC(C3)C1)C2. The molecule has 4 aliphatic carbocycles. The Hall–Kier alpha value is -2.24. The summed E-state index contributed by atoms with van der Waals surface area (Å²) in [5, 5.41) is 8.80. The average Bonchev–Trinajstić information content (AvgIpc) is 2.71. The first kappa shape index (κ1) is 21.0. The maximum absolute atomic E-state index is 13.2. The van der Waals surface area contributed by atoms with Crippen LogP contribution in [0.2, 0.25) is 0 Å². The fraction of sp³-hybridized carbons (Fsp3) is 0.591. The quantitative estimate of drug-likeness (QED) is 0.665. The first-order valence-corrected chi connectivity index (χ1v) is 11.9. The van der Waals surface area contributed by atoms with Crippen LogP contribution in [0.4, 0.5) is 0 Å². The highest BCUT2D eigenvalue weighted by molar-refractivity contribution is 7.89. The van der Waals surface area contributed by atoms with Gasteiger partial charge in [-0.3, -0.25) is 9.59 Å². The van der Waals surface area contributed by atoms with Crippen molar-refractivity contribution in [3.8, 4) is 6.07 Å². The van der Waals surface area contributed by atoms with Gasteiger partial charge in [-0.1, -0.05) is 0 Å². The van der Waals surface area contributed by atoms with E-state index in [2.05, 4.69) is 4.72 Å². The highest BCUT2D eigenvalue weighted by Gasteiger charge is 2.55. The molecule has 1 atom stereocenters. The molecule has 8 heteroatoms. The zero-order valence-electron chi connectivity index (χ0n) is 17.0. The summed E-state index contributed by atoms with van der Waals surface area (Å²) in [6.45, 7) is 1.04. The van der Waals surface area contributed by atoms with Crippen molar-refractivity contribution in [2.45, 2.75) is 56.4 Å². The van der Waals surface area contributed by atoms with E-state index in [-0.39, 0.29) is 16.1 Å². The molecule has 4 saturated carbocycles. The molecule has 0 aliphatic heterocycles. The molecule has 0 unspecified atom stereocenters. The Balaban J connectivity index is 1.33. The third-order valence-electron chi connectivity index (χ3n) is 6.94. The Kier molecular flexibility index (Phi) is 5.45. The highest BCUT2D eigenvalue weighted by Crippen LogP contribution is 2.60. The van der Waals surface area contributed by atoms with Gasteiger partial charge in [-0.15, -0.1) is 0 Å². The number of esters is 1. The summed E-state index contributed by atoms with van der Waals surface area (Å²) in [6, 6.07) is 7.28. The second-order valence-electron chi connectivity index (χ2n) is 9.15. The summed E-state index contributed by atoms with van der Waals surface area (Å²) >= 11 is 0. The number of Topliss-reactive ketones (excluding diaryl/α,β-unsaturated/α-hetero) is 1. The lowest BCUT2D eigenvalue weighted by Gasteiger charge is -2.56. The monoisotopic (exact) mass is 430 g/mol. The van der Waals surface area contributed by atoms with Crippen molar-refractivity contribution >= 4 is 21.8 Å². The van der Waals surface area contributed by atoms with Crippen molar-refractivity contribution in [2.24, 2.45) is 23.2 Å². The van der Waals surface area contributed by atoms with Crippen molar-refractivity contribution in [3.05, 3.63) is 29.8 Å². The van der Waals surface area contributed by atoms with E-state index in [0.717, 1.165) is 19.3 Å². The van der Waals surface area contributed by atoms with Gasteiger partial charge in [0.1, 0.15) is 6.54 Å². The fourth-order valence-electron chi connectivity index (χ4n) is 6.08. The number of ketones is 1. The molecule has 0 amide bonds. The second kappa shape index (κ2) is 7.78. The minimum atomic E-state index is -3.92. The molecule has 5 rings (SSSR count). The van der Waals surface area contributed by atoms with Crippen LogP contribution in [-0.2, 0) is 24.3 Å². The molecule has 0 saturated heterocycles. The number of benzene rings is 1. The van der Waals surface area contributed by atoms with E-state index in [9.17, 15) is 18.0 Å². The van der Waals surface area contributed by atoms with Crippen LogP contribution < -0.4 is 4.72 Å². The number of carbonyl (C=O) groups is 2. The fourth-order valence-corrected chi connectivity index (χ4v) is 7.05. The van der Waals surface area contributed by atoms with Crippen LogP contribution in [0.1, 0.15) is 51.0 Å². The molecule has 30 heavy (non-hydrogen) atoms. The van der Waals surface area contributed by atoms with Crippen molar-refractivity contribution in [1.82, 2.24) is 4.72 Å². The van der Waals surface area contributed by atoms with Gasteiger partial charge in [0.05, 0.1) is 16.5 Å². The van der Waals surface area contributed by atoms with Crippen LogP contribution in [0.25, 0.3) is 0 Å². The van der Waals surface area contributed by atoms with Crippen LogP contribution in [0, 0.1) is 34.5 Å². The molecule has 1 aromatic rings. The van der Waals surface area contributed by atoms with E-state index in [4.69, 9.17) is 10.00 Å². The Morgan fingerprint density at radius 3 is 2.17 bits per heavy atom. The van der Waals surface area contributed by atoms with E-state index in [1.54, 1.807) is 6.92 Å². The van der Waals surface area contributed by atoms with E-state index in [1.807, 2.05) is 6.07 Å². The summed E-state index contributed by atoms with van der Waals surface area (Å²) in [5.41, 5.74) is -0.0263. The van der Waals surface area contributed by atoms with Gasteiger partial charge in [0, 0.05) is 5.41 Å². The third-order valence-corrected chi connectivity index (χ3v) is 8.36. The minimum Gasteiger partial charge on any atom is -0.454 e. The van der Waals surface area contributed by atoms with Gasteiger partial charge in [-0.05, 0) is 87.5 Å². The second-order valence-corrected chi connectivity index (χ2v) is 10.9. The molecule has 160 valence electrons. The molecule has 0 spiro atoms. The number of rotatable bonds is 7. The minimum absolute atomic E-state index is 0.00935. The Bertz CT molecular complexity index is 958. The smallest absolute Gasteiger partial charge is 0.321 e. The molecule has 1 aromatic carbocycles. The average molecular weight is 431 g/mol. The van der Waals surface area contributed by atoms with Crippen molar-refractivity contribution in [3.63, 3.8) is 0 Å². The molecule has 0 radical (unpaired) electrons. The maximum Gasteiger partial charge on any atom is 0.321 e. The molecule has 7 nitrogen and oxygen atoms in total. The largest absolute Gasteiger partial charge is 0.454 e. The van der Waals surface area contributed by atoms with E-state index < -0.39 is 28.6 Å². The zero-order valence-corrected chi connectivity index (χ0v) is 17.8. The topological polar surface area (TPSA) is 113 Å². The zero-order chi connectivity index (χ0) is 21.5. The summed E-state index contributed by atoms with van der Waals surface area (Å²) in [5.74, 6) is 1.05. The van der Waals surface area contributed by atoms with Crippen LogP contribution in [0.5, 0.6) is 0 Å². The van der Waals surface area contributed by atoms with Gasteiger partial charge in [-0.2, -0.15) is 9.98 Å². The molecule has 0 aromatic heterocycles. The number of nitriles is 1. The Labute approximate surface area is 176 Å². The number of hydrogen-bond acceptors (Lipinski definition) is 6. The van der Waals surface area contributed by atoms with Gasteiger partial charge >= 0.3 is 5.97 Å². The van der Waals surface area contributed by atoms with Crippen molar-refractivity contribution in [1.29, 1.82) is 5.26 Å². The van der Waals surface area contributed by atoms with E-state index in [0.29, 0.717) is 23.3 Å². The maximum atomic E-state index is 13.2. The molecular weight excluding hydrogens is 404 g/mol. The molecule has 0 heterocycles. The Morgan fingerprint density at radius 1 is 1.13 bits per heavy atom. The summed E-state index contributed by atoms with van der Waals surface area (Å²) in [6.07, 6.45) is 5.46. The van der Waals surface area contributed by atoms with E-state index in [1.165, 1.54) is 43.5 Å². The van der Waals surface area contributed by atoms with Crippen molar-refractivity contribution in [2.75, 3.05) is 6.54 Å². The number of carbonyl (C=O) groups excluding carboxylic acids is 2. The van der Waals surface area contributed by atoms with Gasteiger partial charge in [-0.25, -0.2) is 8.42 Å². The predicted octanol–water partition coefficient (Wildman–Crippen LogP) is 2.55. The molecular formula is C22H26N2O5S. The standard InChI is InChI=1S/C22H26N2O5S/c1-14(21(26)22-9-16-6-17(10-22)8-18(7-16)11-22)29-20(25)13-24-30(27,28)19-4-2-15(12-23)3-5-19/h2-5,14,16-18,24H,6-11,13H2,1H3/t14-,16?,17?,18?,22?/m1/s1. The molecule has 4 aliphatic rings. The van der Waals surface area contributed by atoms with Crippen LogP contribution in [-0.4, -0.2) is 32.8 Å². The lowest BCUT2D eigenvalue weighted by atomic mass is 9.48. The molecule has 4 fully saturated rings. The first-order chi connectivity index (χ1) is 14.2. The normalized spacial score (nSPS) is 30.5. The van der Waals surface area contributed by atoms with Gasteiger partial charge in [0.25, 0.3) is 0 Å².